The fraction of sp³-hybridized carbons (Fsp3) is 0.786. The molecule has 0 radical (unpaired) electrons. The fourth-order valence-corrected chi connectivity index (χ4v) is 4.11. The van der Waals surface area contributed by atoms with Crippen molar-refractivity contribution in [2.45, 2.75) is 57.2 Å². The predicted molar refractivity (Wildman–Crippen MR) is 75.8 cm³/mol. The van der Waals surface area contributed by atoms with E-state index in [1.165, 1.54) is 37.1 Å². The van der Waals surface area contributed by atoms with Crippen LogP contribution >= 0.6 is 11.3 Å². The van der Waals surface area contributed by atoms with Crippen molar-refractivity contribution < 1.29 is 0 Å². The summed E-state index contributed by atoms with van der Waals surface area (Å²) < 4.78 is 0. The summed E-state index contributed by atoms with van der Waals surface area (Å²) in [5, 5.41) is 10.7. The number of hydrogen-bond acceptors (Lipinski definition) is 4. The number of fused-ring (bicyclic) bond motifs is 1. The second-order valence-corrected chi connectivity index (χ2v) is 6.68. The summed E-state index contributed by atoms with van der Waals surface area (Å²) in [7, 11) is 0. The van der Waals surface area contributed by atoms with E-state index >= 15 is 0 Å². The molecule has 0 spiro atoms. The molecule has 3 rings (SSSR count). The molecule has 0 amide bonds. The molecule has 1 saturated carbocycles. The fourth-order valence-electron chi connectivity index (χ4n) is 3.44. The zero-order chi connectivity index (χ0) is 12.4. The van der Waals surface area contributed by atoms with Gasteiger partial charge in [0.25, 0.3) is 0 Å². The molecule has 2 fully saturated rings. The van der Waals surface area contributed by atoms with Gasteiger partial charge in [-0.2, -0.15) is 0 Å². The Labute approximate surface area is 113 Å². The van der Waals surface area contributed by atoms with Gasteiger partial charge in [0, 0.05) is 30.2 Å². The van der Waals surface area contributed by atoms with E-state index in [0.29, 0.717) is 12.1 Å². The zero-order valence-corrected chi connectivity index (χ0v) is 11.9. The molecule has 2 aliphatic rings. The van der Waals surface area contributed by atoms with Crippen molar-refractivity contribution >= 4 is 11.3 Å². The van der Waals surface area contributed by atoms with Crippen LogP contribution in [0.4, 0.5) is 0 Å². The van der Waals surface area contributed by atoms with Crippen LogP contribution in [0.3, 0.4) is 0 Å². The van der Waals surface area contributed by atoms with Gasteiger partial charge in [-0.25, -0.2) is 4.98 Å². The minimum absolute atomic E-state index is 0.384. The smallest absolute Gasteiger partial charge is 0.109 e. The Morgan fingerprint density at radius 1 is 1.50 bits per heavy atom. The quantitative estimate of drug-likeness (QED) is 0.879. The Morgan fingerprint density at radius 2 is 2.39 bits per heavy atom. The second kappa shape index (κ2) is 5.68. The average molecular weight is 265 g/mol. The van der Waals surface area contributed by atoms with Crippen LogP contribution in [0.5, 0.6) is 0 Å². The first kappa shape index (κ1) is 12.6. The van der Waals surface area contributed by atoms with Crippen LogP contribution < -0.4 is 10.6 Å². The molecular formula is C14H23N3S. The van der Waals surface area contributed by atoms with Crippen molar-refractivity contribution in [2.24, 2.45) is 5.92 Å². The molecule has 18 heavy (non-hydrogen) atoms. The van der Waals surface area contributed by atoms with Crippen molar-refractivity contribution in [1.82, 2.24) is 15.6 Å². The lowest BCUT2D eigenvalue weighted by Crippen LogP contribution is -2.39. The molecule has 1 aromatic rings. The van der Waals surface area contributed by atoms with Gasteiger partial charge in [-0.1, -0.05) is 12.8 Å². The third-order valence-electron chi connectivity index (χ3n) is 4.44. The first-order valence-corrected chi connectivity index (χ1v) is 8.09. The molecule has 1 aliphatic carbocycles. The highest BCUT2D eigenvalue weighted by molar-refractivity contribution is 7.09. The largest absolute Gasteiger partial charge is 0.310 e. The molecule has 1 aromatic heterocycles. The van der Waals surface area contributed by atoms with Crippen LogP contribution in [0.25, 0.3) is 0 Å². The highest BCUT2D eigenvalue weighted by Crippen LogP contribution is 2.33. The standard InChI is InChI=1S/C14H23N3S/c1-10(14-15-6-7-18-14)16-9-12-8-11-4-2-3-5-13(11)17-12/h6-7,10-13,16-17H,2-5,8-9H2,1H3. The number of hydrogen-bond donors (Lipinski definition) is 2. The molecule has 2 heterocycles. The summed E-state index contributed by atoms with van der Waals surface area (Å²) in [4.78, 5) is 4.37. The van der Waals surface area contributed by atoms with Gasteiger partial charge >= 0.3 is 0 Å². The minimum Gasteiger partial charge on any atom is -0.310 e. The maximum Gasteiger partial charge on any atom is 0.109 e. The van der Waals surface area contributed by atoms with Gasteiger partial charge < -0.3 is 10.6 Å². The summed E-state index contributed by atoms with van der Waals surface area (Å²) in [6.07, 6.45) is 8.95. The summed E-state index contributed by atoms with van der Waals surface area (Å²) in [5.41, 5.74) is 0. The molecule has 2 N–H and O–H groups in total. The highest BCUT2D eigenvalue weighted by Gasteiger charge is 2.34. The molecule has 4 heteroatoms. The van der Waals surface area contributed by atoms with Gasteiger partial charge in [-0.3, -0.25) is 0 Å². The van der Waals surface area contributed by atoms with Crippen LogP contribution in [0, 0.1) is 5.92 Å². The van der Waals surface area contributed by atoms with E-state index in [1.54, 1.807) is 11.3 Å². The number of rotatable bonds is 4. The molecule has 0 aromatic carbocycles. The highest BCUT2D eigenvalue weighted by atomic mass is 32.1. The predicted octanol–water partition coefficient (Wildman–Crippen LogP) is 2.71. The summed E-state index contributed by atoms with van der Waals surface area (Å²) in [6.45, 7) is 3.29. The summed E-state index contributed by atoms with van der Waals surface area (Å²) in [5.74, 6) is 0.945. The van der Waals surface area contributed by atoms with Crippen LogP contribution in [0.15, 0.2) is 11.6 Å². The molecule has 3 nitrogen and oxygen atoms in total. The molecular weight excluding hydrogens is 242 g/mol. The molecule has 1 saturated heterocycles. The first-order chi connectivity index (χ1) is 8.83. The van der Waals surface area contributed by atoms with Crippen LogP contribution in [0.1, 0.15) is 50.1 Å². The van der Waals surface area contributed by atoms with Crippen molar-refractivity contribution in [3.8, 4) is 0 Å². The lowest BCUT2D eigenvalue weighted by Gasteiger charge is -2.24. The molecule has 4 unspecified atom stereocenters. The minimum atomic E-state index is 0.384. The van der Waals surface area contributed by atoms with Crippen LogP contribution in [0.2, 0.25) is 0 Å². The number of aromatic nitrogens is 1. The van der Waals surface area contributed by atoms with E-state index in [9.17, 15) is 0 Å². The number of nitrogens with zero attached hydrogens (tertiary/aromatic N) is 1. The van der Waals surface area contributed by atoms with Crippen molar-refractivity contribution in [3.05, 3.63) is 16.6 Å². The molecule has 1 aliphatic heterocycles. The van der Waals surface area contributed by atoms with Crippen molar-refractivity contribution in [2.75, 3.05) is 6.54 Å². The van der Waals surface area contributed by atoms with Gasteiger partial charge in [0.15, 0.2) is 0 Å². The summed E-state index contributed by atoms with van der Waals surface area (Å²) in [6, 6.07) is 1.86. The normalized spacial score (nSPS) is 33.3. The van der Waals surface area contributed by atoms with E-state index in [2.05, 4.69) is 27.9 Å². The number of nitrogens with one attached hydrogen (secondary N) is 2. The van der Waals surface area contributed by atoms with E-state index < -0.39 is 0 Å². The third-order valence-corrected chi connectivity index (χ3v) is 5.40. The number of thiazole rings is 1. The third kappa shape index (κ3) is 2.76. The maximum absolute atomic E-state index is 4.37. The van der Waals surface area contributed by atoms with Gasteiger partial charge in [-0.15, -0.1) is 11.3 Å². The zero-order valence-electron chi connectivity index (χ0n) is 11.1. The first-order valence-electron chi connectivity index (χ1n) is 7.22. The lowest BCUT2D eigenvalue weighted by atomic mass is 9.85. The van der Waals surface area contributed by atoms with E-state index in [4.69, 9.17) is 0 Å². The lowest BCUT2D eigenvalue weighted by molar-refractivity contribution is 0.325. The Hall–Kier alpha value is -0.450. The van der Waals surface area contributed by atoms with Crippen molar-refractivity contribution in [1.29, 1.82) is 0 Å². The Bertz CT molecular complexity index is 351. The van der Waals surface area contributed by atoms with E-state index in [0.717, 1.165) is 18.5 Å². The van der Waals surface area contributed by atoms with Crippen LogP contribution in [-0.4, -0.2) is 23.6 Å². The van der Waals surface area contributed by atoms with E-state index in [-0.39, 0.29) is 0 Å². The van der Waals surface area contributed by atoms with Gasteiger partial charge in [0.05, 0.1) is 6.04 Å². The van der Waals surface area contributed by atoms with Gasteiger partial charge in [0.2, 0.25) is 0 Å². The van der Waals surface area contributed by atoms with Gasteiger partial charge in [-0.05, 0) is 32.1 Å². The van der Waals surface area contributed by atoms with Crippen molar-refractivity contribution in [3.63, 3.8) is 0 Å². The Balaban J connectivity index is 1.46. The molecule has 100 valence electrons. The topological polar surface area (TPSA) is 37.0 Å². The monoisotopic (exact) mass is 265 g/mol. The van der Waals surface area contributed by atoms with Crippen LogP contribution in [-0.2, 0) is 0 Å². The molecule has 4 atom stereocenters. The second-order valence-electron chi connectivity index (χ2n) is 5.75. The maximum atomic E-state index is 4.37. The van der Waals surface area contributed by atoms with Gasteiger partial charge in [0.1, 0.15) is 5.01 Å². The average Bonchev–Trinajstić information content (AvgIpc) is 3.04. The molecule has 0 bridgehead atoms. The Morgan fingerprint density at radius 3 is 3.17 bits per heavy atom. The Kier molecular flexibility index (Phi) is 3.97. The summed E-state index contributed by atoms with van der Waals surface area (Å²) >= 11 is 1.74. The SMILES string of the molecule is CC(NCC1CC2CCCCC2N1)c1nccs1. The van der Waals surface area contributed by atoms with E-state index in [1.807, 2.05) is 6.20 Å².